The van der Waals surface area contributed by atoms with Gasteiger partial charge in [0.25, 0.3) is 0 Å². The highest BCUT2D eigenvalue weighted by molar-refractivity contribution is 5.87. The first-order chi connectivity index (χ1) is 12.5. The van der Waals surface area contributed by atoms with Crippen molar-refractivity contribution in [1.82, 2.24) is 4.90 Å². The lowest BCUT2D eigenvalue weighted by Gasteiger charge is -2.34. The number of carboxylic acids is 1. The molecule has 142 valence electrons. The number of fused-ring (bicyclic) bond motifs is 1. The molecular formula is C21H29NO4. The van der Waals surface area contributed by atoms with Crippen molar-refractivity contribution in [1.29, 1.82) is 0 Å². The largest absolute Gasteiger partial charge is 0.491 e. The maximum Gasteiger partial charge on any atom is 0.335 e. The van der Waals surface area contributed by atoms with Crippen molar-refractivity contribution in [3.05, 3.63) is 29.8 Å². The molecule has 1 amide bonds. The van der Waals surface area contributed by atoms with Crippen LogP contribution in [0.3, 0.4) is 0 Å². The topological polar surface area (TPSA) is 66.8 Å². The van der Waals surface area contributed by atoms with Crippen molar-refractivity contribution in [3.63, 3.8) is 0 Å². The molecule has 3 rings (SSSR count). The molecule has 2 aliphatic rings. The van der Waals surface area contributed by atoms with Gasteiger partial charge in [-0.25, -0.2) is 4.79 Å². The number of carboxylic acid groups (broad SMARTS) is 1. The third-order valence-electron chi connectivity index (χ3n) is 5.61. The molecule has 2 unspecified atom stereocenters. The average molecular weight is 359 g/mol. The summed E-state index contributed by atoms with van der Waals surface area (Å²) in [7, 11) is 0. The molecule has 26 heavy (non-hydrogen) atoms. The zero-order valence-corrected chi connectivity index (χ0v) is 15.7. The van der Waals surface area contributed by atoms with Crippen molar-refractivity contribution in [3.8, 4) is 5.75 Å². The van der Waals surface area contributed by atoms with Crippen LogP contribution in [0.15, 0.2) is 24.3 Å². The van der Waals surface area contributed by atoms with Crippen LogP contribution in [-0.2, 0) is 4.79 Å². The molecule has 1 heterocycles. The summed E-state index contributed by atoms with van der Waals surface area (Å²) in [5.41, 5.74) is 0.248. The van der Waals surface area contributed by atoms with E-state index < -0.39 is 5.97 Å². The Balaban J connectivity index is 1.67. The SMILES string of the molecule is CC(C)CC(=O)N1C2CCCCC2C[C@H]1COc1ccc(C(=O)O)cc1. The number of hydrogen-bond donors (Lipinski definition) is 1. The highest BCUT2D eigenvalue weighted by atomic mass is 16.5. The molecule has 0 radical (unpaired) electrons. The van der Waals surface area contributed by atoms with Gasteiger partial charge in [-0.1, -0.05) is 26.7 Å². The number of nitrogens with zero attached hydrogens (tertiary/aromatic N) is 1. The monoisotopic (exact) mass is 359 g/mol. The van der Waals surface area contributed by atoms with Gasteiger partial charge in [0, 0.05) is 12.5 Å². The molecule has 1 saturated heterocycles. The third-order valence-corrected chi connectivity index (χ3v) is 5.61. The molecule has 5 nitrogen and oxygen atoms in total. The molecule has 5 heteroatoms. The predicted octanol–water partition coefficient (Wildman–Crippen LogP) is 3.97. The van der Waals surface area contributed by atoms with E-state index in [1.54, 1.807) is 24.3 Å². The van der Waals surface area contributed by atoms with Gasteiger partial charge in [-0.05, 0) is 55.4 Å². The van der Waals surface area contributed by atoms with Gasteiger partial charge in [-0.2, -0.15) is 0 Å². The molecular weight excluding hydrogens is 330 g/mol. The van der Waals surface area contributed by atoms with Crippen molar-refractivity contribution in [2.24, 2.45) is 11.8 Å². The van der Waals surface area contributed by atoms with Crippen LogP contribution in [-0.4, -0.2) is 40.6 Å². The second-order valence-corrected chi connectivity index (χ2v) is 8.04. The summed E-state index contributed by atoms with van der Waals surface area (Å²) in [5, 5.41) is 8.98. The summed E-state index contributed by atoms with van der Waals surface area (Å²) in [6.45, 7) is 4.65. The first kappa shape index (κ1) is 18.7. The maximum atomic E-state index is 12.9. The Bertz CT molecular complexity index is 640. The Labute approximate surface area is 155 Å². The third kappa shape index (κ3) is 4.19. The van der Waals surface area contributed by atoms with Crippen molar-refractivity contribution >= 4 is 11.9 Å². The molecule has 1 aliphatic carbocycles. The lowest BCUT2D eigenvalue weighted by Crippen LogP contribution is -2.45. The van der Waals surface area contributed by atoms with E-state index in [0.717, 1.165) is 12.8 Å². The van der Waals surface area contributed by atoms with Crippen LogP contribution >= 0.6 is 0 Å². The number of hydrogen-bond acceptors (Lipinski definition) is 3. The first-order valence-corrected chi connectivity index (χ1v) is 9.73. The Morgan fingerprint density at radius 2 is 1.88 bits per heavy atom. The van der Waals surface area contributed by atoms with E-state index in [2.05, 4.69) is 18.7 Å². The van der Waals surface area contributed by atoms with Gasteiger partial charge in [-0.3, -0.25) is 4.79 Å². The summed E-state index contributed by atoms with van der Waals surface area (Å²) in [4.78, 5) is 25.9. The minimum atomic E-state index is -0.943. The van der Waals surface area contributed by atoms with Gasteiger partial charge in [0.05, 0.1) is 11.6 Å². The normalized spacial score (nSPS) is 25.2. The second kappa shape index (κ2) is 8.11. The van der Waals surface area contributed by atoms with Crippen LogP contribution in [0.5, 0.6) is 5.75 Å². The van der Waals surface area contributed by atoms with Crippen LogP contribution in [0.25, 0.3) is 0 Å². The standard InChI is InChI=1S/C21H29NO4/c1-14(2)11-20(23)22-17(12-16-5-3-4-6-19(16)22)13-26-18-9-7-15(8-10-18)21(24)25/h7-10,14,16-17,19H,3-6,11-13H2,1-2H3,(H,24,25)/t16?,17-,19?/m0/s1. The fraction of sp³-hybridized carbons (Fsp3) is 0.619. The summed E-state index contributed by atoms with van der Waals surface area (Å²) in [6.07, 6.45) is 6.39. The lowest BCUT2D eigenvalue weighted by molar-refractivity contribution is -0.136. The Morgan fingerprint density at radius 3 is 2.54 bits per heavy atom. The molecule has 0 spiro atoms. The van der Waals surface area contributed by atoms with Gasteiger partial charge in [0.15, 0.2) is 0 Å². The Kier molecular flexibility index (Phi) is 5.84. The fourth-order valence-corrected chi connectivity index (χ4v) is 4.44. The molecule has 3 atom stereocenters. The number of aromatic carboxylic acids is 1. The molecule has 1 aliphatic heterocycles. The van der Waals surface area contributed by atoms with E-state index in [-0.39, 0.29) is 17.5 Å². The Morgan fingerprint density at radius 1 is 1.19 bits per heavy atom. The highest BCUT2D eigenvalue weighted by Crippen LogP contribution is 2.40. The summed E-state index contributed by atoms with van der Waals surface area (Å²) >= 11 is 0. The molecule has 2 fully saturated rings. The minimum absolute atomic E-state index is 0.119. The number of benzene rings is 1. The van der Waals surface area contributed by atoms with E-state index in [1.165, 1.54) is 19.3 Å². The van der Waals surface area contributed by atoms with E-state index in [0.29, 0.717) is 36.7 Å². The molecule has 1 aromatic carbocycles. The zero-order chi connectivity index (χ0) is 18.7. The number of carbonyl (C=O) groups is 2. The van der Waals surface area contributed by atoms with Gasteiger partial charge < -0.3 is 14.7 Å². The number of rotatable bonds is 6. The van der Waals surface area contributed by atoms with E-state index >= 15 is 0 Å². The van der Waals surface area contributed by atoms with Crippen molar-refractivity contribution in [2.45, 2.75) is 64.5 Å². The van der Waals surface area contributed by atoms with Gasteiger partial charge in [0.2, 0.25) is 5.91 Å². The second-order valence-electron chi connectivity index (χ2n) is 8.04. The van der Waals surface area contributed by atoms with Gasteiger partial charge >= 0.3 is 5.97 Å². The van der Waals surface area contributed by atoms with Crippen LogP contribution in [0.1, 0.15) is 62.7 Å². The smallest absolute Gasteiger partial charge is 0.335 e. The Hall–Kier alpha value is -2.04. The molecule has 1 N–H and O–H groups in total. The predicted molar refractivity (Wildman–Crippen MR) is 99.3 cm³/mol. The highest BCUT2D eigenvalue weighted by Gasteiger charge is 2.44. The van der Waals surface area contributed by atoms with E-state index in [9.17, 15) is 9.59 Å². The van der Waals surface area contributed by atoms with Crippen LogP contribution in [0.4, 0.5) is 0 Å². The van der Waals surface area contributed by atoms with E-state index in [1.807, 2.05) is 0 Å². The summed E-state index contributed by atoms with van der Waals surface area (Å²) in [6, 6.07) is 6.96. The number of ether oxygens (including phenoxy) is 1. The quantitative estimate of drug-likeness (QED) is 0.834. The van der Waals surface area contributed by atoms with Crippen LogP contribution < -0.4 is 4.74 Å². The van der Waals surface area contributed by atoms with Crippen LogP contribution in [0, 0.1) is 11.8 Å². The maximum absolute atomic E-state index is 12.9. The zero-order valence-electron chi connectivity index (χ0n) is 15.7. The molecule has 0 bridgehead atoms. The van der Waals surface area contributed by atoms with Gasteiger partial charge in [0.1, 0.15) is 12.4 Å². The number of likely N-dealkylation sites (tertiary alicyclic amines) is 1. The minimum Gasteiger partial charge on any atom is -0.491 e. The molecule has 0 aromatic heterocycles. The molecule has 1 saturated carbocycles. The average Bonchev–Trinajstić information content (AvgIpc) is 2.98. The van der Waals surface area contributed by atoms with Gasteiger partial charge in [-0.15, -0.1) is 0 Å². The molecule has 1 aromatic rings. The lowest BCUT2D eigenvalue weighted by atomic mass is 9.84. The first-order valence-electron chi connectivity index (χ1n) is 9.73. The van der Waals surface area contributed by atoms with E-state index in [4.69, 9.17) is 9.84 Å². The van der Waals surface area contributed by atoms with Crippen molar-refractivity contribution < 1.29 is 19.4 Å². The summed E-state index contributed by atoms with van der Waals surface area (Å²) in [5.74, 6) is 0.922. The summed E-state index contributed by atoms with van der Waals surface area (Å²) < 4.78 is 5.93. The fourth-order valence-electron chi connectivity index (χ4n) is 4.44. The number of carbonyl (C=O) groups excluding carboxylic acids is 1. The number of amides is 1. The van der Waals surface area contributed by atoms with Crippen LogP contribution in [0.2, 0.25) is 0 Å². The van der Waals surface area contributed by atoms with Crippen molar-refractivity contribution in [2.75, 3.05) is 6.61 Å².